The van der Waals surface area contributed by atoms with E-state index in [2.05, 4.69) is 4.90 Å². The molecule has 1 fully saturated rings. The van der Waals surface area contributed by atoms with Crippen LogP contribution in [0.5, 0.6) is 0 Å². The van der Waals surface area contributed by atoms with Gasteiger partial charge in [0.15, 0.2) is 11.6 Å². The SMILES string of the molecule is O=C(O)C1CN(Cc2ccc(-c3oc4ccc(S(=O)c5ccccc5)cc4c3F)cc2)C1. The van der Waals surface area contributed by atoms with Gasteiger partial charge in [0.2, 0.25) is 0 Å². The molecular formula is C25H20FNO4S. The second-order valence-electron chi connectivity index (χ2n) is 7.91. The standard InChI is InChI=1S/C25H20FNO4S/c26-23-21-12-20(32(30)19-4-2-1-3-5-19)10-11-22(21)31-24(23)17-8-6-16(7-9-17)13-27-14-18(15-27)25(28)29/h1-12,18H,13-15H2,(H,28,29). The molecule has 4 aromatic rings. The third-order valence-corrected chi connectivity index (χ3v) is 7.08. The van der Waals surface area contributed by atoms with E-state index in [4.69, 9.17) is 9.52 Å². The van der Waals surface area contributed by atoms with Gasteiger partial charge in [-0.3, -0.25) is 9.69 Å². The number of fused-ring (bicyclic) bond motifs is 1. The van der Waals surface area contributed by atoms with Crippen molar-refractivity contribution in [2.75, 3.05) is 13.1 Å². The molecule has 3 aromatic carbocycles. The number of hydrogen-bond donors (Lipinski definition) is 1. The van der Waals surface area contributed by atoms with E-state index in [0.29, 0.717) is 46.0 Å². The highest BCUT2D eigenvalue weighted by Gasteiger charge is 2.32. The third kappa shape index (κ3) is 3.85. The third-order valence-electron chi connectivity index (χ3n) is 5.70. The summed E-state index contributed by atoms with van der Waals surface area (Å²) in [4.78, 5) is 14.2. The molecule has 0 spiro atoms. The van der Waals surface area contributed by atoms with Crippen molar-refractivity contribution in [3.8, 4) is 11.3 Å². The van der Waals surface area contributed by atoms with Gasteiger partial charge in [0.25, 0.3) is 0 Å². The first-order chi connectivity index (χ1) is 15.5. The van der Waals surface area contributed by atoms with Crippen molar-refractivity contribution in [3.63, 3.8) is 0 Å². The first-order valence-corrected chi connectivity index (χ1v) is 11.4. The van der Waals surface area contributed by atoms with Crippen LogP contribution >= 0.6 is 0 Å². The predicted molar refractivity (Wildman–Crippen MR) is 119 cm³/mol. The summed E-state index contributed by atoms with van der Waals surface area (Å²) in [5.74, 6) is -1.39. The summed E-state index contributed by atoms with van der Waals surface area (Å²) >= 11 is 0. The molecule has 5 nitrogen and oxygen atoms in total. The number of carbonyl (C=O) groups is 1. The van der Waals surface area contributed by atoms with Crippen LogP contribution < -0.4 is 0 Å². The van der Waals surface area contributed by atoms with Crippen molar-refractivity contribution >= 4 is 27.7 Å². The molecule has 0 radical (unpaired) electrons. The van der Waals surface area contributed by atoms with E-state index in [-0.39, 0.29) is 11.7 Å². The van der Waals surface area contributed by atoms with E-state index in [9.17, 15) is 9.00 Å². The van der Waals surface area contributed by atoms with Gasteiger partial charge in [0.05, 0.1) is 22.1 Å². The van der Waals surface area contributed by atoms with E-state index in [0.717, 1.165) is 5.56 Å². The van der Waals surface area contributed by atoms with Crippen LogP contribution in [0.15, 0.2) is 87.0 Å². The maximum atomic E-state index is 15.2. The van der Waals surface area contributed by atoms with Crippen LogP contribution in [-0.4, -0.2) is 33.3 Å². The van der Waals surface area contributed by atoms with Gasteiger partial charge < -0.3 is 9.52 Å². The Morgan fingerprint density at radius 2 is 1.75 bits per heavy atom. The maximum absolute atomic E-state index is 15.2. The molecular weight excluding hydrogens is 429 g/mol. The summed E-state index contributed by atoms with van der Waals surface area (Å²) in [7, 11) is -1.41. The lowest BCUT2D eigenvalue weighted by Gasteiger charge is -2.36. The molecule has 32 heavy (non-hydrogen) atoms. The first-order valence-electron chi connectivity index (χ1n) is 10.2. The fourth-order valence-electron chi connectivity index (χ4n) is 3.90. The Labute approximate surface area is 186 Å². The molecule has 0 bridgehead atoms. The minimum absolute atomic E-state index is 0.143. The topological polar surface area (TPSA) is 70.8 Å². The normalized spacial score (nSPS) is 15.5. The Morgan fingerprint density at radius 1 is 1.03 bits per heavy atom. The monoisotopic (exact) mass is 449 g/mol. The molecule has 1 unspecified atom stereocenters. The molecule has 1 N–H and O–H groups in total. The van der Waals surface area contributed by atoms with Gasteiger partial charge >= 0.3 is 5.97 Å². The van der Waals surface area contributed by atoms with Crippen LogP contribution in [0.4, 0.5) is 4.39 Å². The molecule has 1 aliphatic rings. The number of halogens is 1. The number of furan rings is 1. The van der Waals surface area contributed by atoms with Crippen LogP contribution in [0.3, 0.4) is 0 Å². The Hall–Kier alpha value is -3.29. The van der Waals surface area contributed by atoms with Gasteiger partial charge in [-0.05, 0) is 35.9 Å². The van der Waals surface area contributed by atoms with Crippen molar-refractivity contribution in [2.24, 2.45) is 5.92 Å². The molecule has 1 aliphatic heterocycles. The number of carboxylic acid groups (broad SMARTS) is 1. The van der Waals surface area contributed by atoms with E-state index < -0.39 is 22.6 Å². The highest BCUT2D eigenvalue weighted by Crippen LogP contribution is 2.34. The number of carboxylic acids is 1. The first kappa shape index (κ1) is 20.6. The van der Waals surface area contributed by atoms with Gasteiger partial charge in [0, 0.05) is 35.0 Å². The number of aliphatic carboxylic acids is 1. The van der Waals surface area contributed by atoms with Gasteiger partial charge in [-0.1, -0.05) is 42.5 Å². The molecule has 0 aliphatic carbocycles. The number of rotatable bonds is 6. The Balaban J connectivity index is 1.37. The second kappa shape index (κ2) is 8.33. The van der Waals surface area contributed by atoms with Gasteiger partial charge in [0.1, 0.15) is 5.58 Å². The maximum Gasteiger partial charge on any atom is 0.309 e. The minimum atomic E-state index is -1.41. The molecule has 5 rings (SSSR count). The number of benzene rings is 3. The average molecular weight is 450 g/mol. The van der Waals surface area contributed by atoms with E-state index in [1.54, 1.807) is 42.5 Å². The molecule has 1 saturated heterocycles. The lowest BCUT2D eigenvalue weighted by molar-refractivity contribution is -0.147. The summed E-state index contributed by atoms with van der Waals surface area (Å²) in [6.07, 6.45) is 0. The summed E-state index contributed by atoms with van der Waals surface area (Å²) in [6, 6.07) is 21.4. The van der Waals surface area contributed by atoms with Crippen molar-refractivity contribution in [1.29, 1.82) is 0 Å². The summed E-state index contributed by atoms with van der Waals surface area (Å²) in [5.41, 5.74) is 2.03. The Bertz CT molecular complexity index is 1310. The summed E-state index contributed by atoms with van der Waals surface area (Å²) < 4.78 is 33.8. The highest BCUT2D eigenvalue weighted by molar-refractivity contribution is 7.85. The summed E-state index contributed by atoms with van der Waals surface area (Å²) in [6.45, 7) is 1.74. The highest BCUT2D eigenvalue weighted by atomic mass is 32.2. The Kier molecular flexibility index (Phi) is 5.36. The quantitative estimate of drug-likeness (QED) is 0.452. The molecule has 0 amide bonds. The molecule has 1 atom stereocenters. The van der Waals surface area contributed by atoms with Crippen molar-refractivity contribution in [2.45, 2.75) is 16.3 Å². The van der Waals surface area contributed by atoms with Gasteiger partial charge in [-0.2, -0.15) is 0 Å². The van der Waals surface area contributed by atoms with Crippen LogP contribution in [-0.2, 0) is 22.1 Å². The predicted octanol–water partition coefficient (Wildman–Crippen LogP) is 4.92. The number of hydrogen-bond acceptors (Lipinski definition) is 4. The Morgan fingerprint density at radius 3 is 2.44 bits per heavy atom. The van der Waals surface area contributed by atoms with Gasteiger partial charge in [-0.15, -0.1) is 0 Å². The van der Waals surface area contributed by atoms with Crippen molar-refractivity contribution in [3.05, 3.63) is 84.2 Å². The molecule has 1 aromatic heterocycles. The minimum Gasteiger partial charge on any atom is -0.481 e. The lowest BCUT2D eigenvalue weighted by Crippen LogP contribution is -2.49. The average Bonchev–Trinajstić information content (AvgIpc) is 3.12. The van der Waals surface area contributed by atoms with Crippen LogP contribution in [0.2, 0.25) is 0 Å². The van der Waals surface area contributed by atoms with Gasteiger partial charge in [-0.25, -0.2) is 8.60 Å². The van der Waals surface area contributed by atoms with E-state index in [1.165, 1.54) is 0 Å². The van der Waals surface area contributed by atoms with Crippen molar-refractivity contribution in [1.82, 2.24) is 4.90 Å². The lowest BCUT2D eigenvalue weighted by atomic mass is 9.99. The van der Waals surface area contributed by atoms with Crippen LogP contribution in [0.25, 0.3) is 22.3 Å². The summed E-state index contributed by atoms with van der Waals surface area (Å²) in [5, 5.41) is 9.28. The fraction of sp³-hybridized carbons (Fsp3) is 0.160. The van der Waals surface area contributed by atoms with Crippen molar-refractivity contribution < 1.29 is 22.9 Å². The zero-order valence-corrected chi connectivity index (χ0v) is 17.8. The van der Waals surface area contributed by atoms with Crippen LogP contribution in [0, 0.1) is 11.7 Å². The molecule has 7 heteroatoms. The number of likely N-dealkylation sites (tertiary alicyclic amines) is 1. The molecule has 2 heterocycles. The largest absolute Gasteiger partial charge is 0.481 e. The zero-order valence-electron chi connectivity index (χ0n) is 17.0. The smallest absolute Gasteiger partial charge is 0.309 e. The molecule has 0 saturated carbocycles. The zero-order chi connectivity index (χ0) is 22.2. The van der Waals surface area contributed by atoms with E-state index in [1.807, 2.05) is 30.3 Å². The second-order valence-corrected chi connectivity index (χ2v) is 9.39. The van der Waals surface area contributed by atoms with E-state index >= 15 is 4.39 Å². The fourth-order valence-corrected chi connectivity index (χ4v) is 5.00. The molecule has 162 valence electrons. The number of nitrogens with zero attached hydrogens (tertiary/aromatic N) is 1. The van der Waals surface area contributed by atoms with Crippen LogP contribution in [0.1, 0.15) is 5.56 Å².